The SMILES string of the molecule is CNC(=O)c1csc2c(C(F)(F)F)cc(N3CCC(OC(=O)NC4CCOC4)CC3)nc12. The van der Waals surface area contributed by atoms with Crippen LogP contribution in [0, 0.1) is 0 Å². The molecular formula is C20H23F3N4O4S. The van der Waals surface area contributed by atoms with Crippen LogP contribution in [-0.2, 0) is 15.7 Å². The maximum absolute atomic E-state index is 13.7. The first-order valence-electron chi connectivity index (χ1n) is 10.3. The Kier molecular flexibility index (Phi) is 6.42. The number of rotatable bonds is 4. The number of pyridine rings is 1. The number of nitrogens with zero attached hydrogens (tertiary/aromatic N) is 2. The number of halogens is 3. The predicted octanol–water partition coefficient (Wildman–Crippen LogP) is 3.16. The molecular weight excluding hydrogens is 449 g/mol. The molecule has 0 saturated carbocycles. The van der Waals surface area contributed by atoms with Gasteiger partial charge >= 0.3 is 12.3 Å². The molecule has 1 unspecified atom stereocenters. The lowest BCUT2D eigenvalue weighted by molar-refractivity contribution is -0.136. The number of hydrogen-bond acceptors (Lipinski definition) is 7. The number of amides is 2. The average Bonchev–Trinajstić information content (AvgIpc) is 3.42. The molecule has 32 heavy (non-hydrogen) atoms. The third-order valence-electron chi connectivity index (χ3n) is 5.58. The van der Waals surface area contributed by atoms with Gasteiger partial charge in [-0.15, -0.1) is 11.3 Å². The monoisotopic (exact) mass is 472 g/mol. The van der Waals surface area contributed by atoms with E-state index in [2.05, 4.69) is 15.6 Å². The molecule has 2 saturated heterocycles. The first-order valence-corrected chi connectivity index (χ1v) is 11.2. The first-order chi connectivity index (χ1) is 15.3. The van der Waals surface area contributed by atoms with Crippen molar-refractivity contribution < 1.29 is 32.2 Å². The van der Waals surface area contributed by atoms with Gasteiger partial charge in [-0.3, -0.25) is 4.79 Å². The van der Waals surface area contributed by atoms with Crippen LogP contribution in [0.4, 0.5) is 23.8 Å². The smallest absolute Gasteiger partial charge is 0.417 e. The number of thiophene rings is 1. The Morgan fingerprint density at radius 2 is 2.03 bits per heavy atom. The molecule has 4 rings (SSSR count). The number of hydrogen-bond donors (Lipinski definition) is 2. The van der Waals surface area contributed by atoms with Crippen molar-refractivity contribution in [2.45, 2.75) is 37.6 Å². The second-order valence-electron chi connectivity index (χ2n) is 7.73. The van der Waals surface area contributed by atoms with E-state index in [4.69, 9.17) is 9.47 Å². The minimum Gasteiger partial charge on any atom is -0.446 e. The zero-order chi connectivity index (χ0) is 22.9. The van der Waals surface area contributed by atoms with Gasteiger partial charge in [-0.2, -0.15) is 13.2 Å². The fourth-order valence-electron chi connectivity index (χ4n) is 3.87. The molecule has 2 fully saturated rings. The maximum atomic E-state index is 13.7. The van der Waals surface area contributed by atoms with Gasteiger partial charge in [-0.05, 0) is 12.5 Å². The van der Waals surface area contributed by atoms with E-state index < -0.39 is 23.7 Å². The standard InChI is InChI=1S/C20H23F3N4O4S/c1-24-18(28)13-10-32-17-14(20(21,22)23)8-15(26-16(13)17)27-5-2-12(3-6-27)31-19(29)25-11-4-7-30-9-11/h8,10-12H,2-7,9H2,1H3,(H,24,28)(H,25,29). The van der Waals surface area contributed by atoms with Gasteiger partial charge in [0.25, 0.3) is 5.91 Å². The highest BCUT2D eigenvalue weighted by Gasteiger charge is 2.36. The Balaban J connectivity index is 1.49. The van der Waals surface area contributed by atoms with E-state index in [9.17, 15) is 22.8 Å². The van der Waals surface area contributed by atoms with Crippen LogP contribution in [0.1, 0.15) is 35.2 Å². The first kappa shape index (κ1) is 22.6. The molecule has 0 aliphatic carbocycles. The Morgan fingerprint density at radius 1 is 1.28 bits per heavy atom. The van der Waals surface area contributed by atoms with Gasteiger partial charge in [0.15, 0.2) is 0 Å². The number of nitrogens with one attached hydrogen (secondary N) is 2. The predicted molar refractivity (Wildman–Crippen MR) is 112 cm³/mol. The molecule has 2 aromatic heterocycles. The molecule has 2 aliphatic rings. The summed E-state index contributed by atoms with van der Waals surface area (Å²) >= 11 is 0.851. The normalized spacial score (nSPS) is 19.9. The largest absolute Gasteiger partial charge is 0.446 e. The topological polar surface area (TPSA) is 92.8 Å². The highest BCUT2D eigenvalue weighted by atomic mass is 32.1. The number of alkyl halides is 3. The van der Waals surface area contributed by atoms with Gasteiger partial charge in [0.2, 0.25) is 0 Å². The molecule has 2 amide bonds. The number of carbonyl (C=O) groups excluding carboxylic acids is 2. The quantitative estimate of drug-likeness (QED) is 0.710. The van der Waals surface area contributed by atoms with Crippen LogP contribution in [0.5, 0.6) is 0 Å². The Hall–Kier alpha value is -2.60. The highest BCUT2D eigenvalue weighted by Crippen LogP contribution is 2.40. The number of carbonyl (C=O) groups is 2. The lowest BCUT2D eigenvalue weighted by atomic mass is 10.1. The van der Waals surface area contributed by atoms with E-state index in [1.165, 1.54) is 12.4 Å². The summed E-state index contributed by atoms with van der Waals surface area (Å²) in [5, 5.41) is 6.59. The summed E-state index contributed by atoms with van der Waals surface area (Å²) in [7, 11) is 1.42. The lowest BCUT2D eigenvalue weighted by Gasteiger charge is -2.33. The molecule has 0 spiro atoms. The number of fused-ring (bicyclic) bond motifs is 1. The van der Waals surface area contributed by atoms with Crippen LogP contribution in [0.25, 0.3) is 10.2 Å². The van der Waals surface area contributed by atoms with Crippen molar-refractivity contribution in [2.24, 2.45) is 0 Å². The molecule has 2 aromatic rings. The minimum atomic E-state index is -4.58. The van der Waals surface area contributed by atoms with Crippen molar-refractivity contribution >= 4 is 39.4 Å². The summed E-state index contributed by atoms with van der Waals surface area (Å²) in [6.07, 6.45) is -3.76. The summed E-state index contributed by atoms with van der Waals surface area (Å²) in [6, 6.07) is 0.972. The second-order valence-corrected chi connectivity index (χ2v) is 8.61. The summed E-state index contributed by atoms with van der Waals surface area (Å²) in [5.74, 6) is -0.334. The fraction of sp³-hybridized carbons (Fsp3) is 0.550. The fourth-order valence-corrected chi connectivity index (χ4v) is 4.89. The molecule has 8 nitrogen and oxygen atoms in total. The van der Waals surface area contributed by atoms with E-state index in [0.717, 1.165) is 23.8 Å². The summed E-state index contributed by atoms with van der Waals surface area (Å²) in [4.78, 5) is 30.3. The summed E-state index contributed by atoms with van der Waals surface area (Å²) in [6.45, 7) is 1.82. The van der Waals surface area contributed by atoms with Crippen LogP contribution in [0.2, 0.25) is 0 Å². The van der Waals surface area contributed by atoms with Gasteiger partial charge < -0.3 is 25.0 Å². The van der Waals surface area contributed by atoms with Crippen LogP contribution in [0.3, 0.4) is 0 Å². The number of anilines is 1. The Morgan fingerprint density at radius 3 is 2.66 bits per heavy atom. The van der Waals surface area contributed by atoms with Crippen molar-refractivity contribution in [2.75, 3.05) is 38.3 Å². The molecule has 2 aliphatic heterocycles. The zero-order valence-electron chi connectivity index (χ0n) is 17.3. The van der Waals surface area contributed by atoms with Crippen molar-refractivity contribution in [3.63, 3.8) is 0 Å². The summed E-state index contributed by atoms with van der Waals surface area (Å²) < 4.78 is 51.8. The molecule has 1 atom stereocenters. The molecule has 0 aromatic carbocycles. The van der Waals surface area contributed by atoms with Crippen molar-refractivity contribution in [3.05, 3.63) is 22.6 Å². The van der Waals surface area contributed by atoms with E-state index >= 15 is 0 Å². The van der Waals surface area contributed by atoms with Crippen LogP contribution in [-0.4, -0.2) is 62.5 Å². The number of aromatic nitrogens is 1. The van der Waals surface area contributed by atoms with Gasteiger partial charge in [0.05, 0.1) is 34.0 Å². The van der Waals surface area contributed by atoms with Crippen molar-refractivity contribution in [3.8, 4) is 0 Å². The van der Waals surface area contributed by atoms with Gasteiger partial charge in [0, 0.05) is 45.0 Å². The zero-order valence-corrected chi connectivity index (χ0v) is 18.1. The van der Waals surface area contributed by atoms with Crippen molar-refractivity contribution in [1.29, 1.82) is 0 Å². The third-order valence-corrected chi connectivity index (χ3v) is 6.58. The van der Waals surface area contributed by atoms with Gasteiger partial charge in [-0.25, -0.2) is 9.78 Å². The van der Waals surface area contributed by atoms with E-state index in [-0.39, 0.29) is 33.7 Å². The van der Waals surface area contributed by atoms with E-state index in [1.54, 1.807) is 4.90 Å². The van der Waals surface area contributed by atoms with Crippen LogP contribution < -0.4 is 15.5 Å². The second kappa shape index (κ2) is 9.10. The van der Waals surface area contributed by atoms with Gasteiger partial charge in [0.1, 0.15) is 11.9 Å². The van der Waals surface area contributed by atoms with Crippen LogP contribution >= 0.6 is 11.3 Å². The van der Waals surface area contributed by atoms with E-state index in [0.29, 0.717) is 39.1 Å². The Labute approximate surface area is 186 Å². The minimum absolute atomic E-state index is 0.0377. The Bertz CT molecular complexity index is 999. The molecule has 0 bridgehead atoms. The molecule has 2 N–H and O–H groups in total. The summed E-state index contributed by atoms with van der Waals surface area (Å²) in [5.41, 5.74) is -0.657. The molecule has 0 radical (unpaired) electrons. The molecule has 174 valence electrons. The average molecular weight is 472 g/mol. The van der Waals surface area contributed by atoms with E-state index in [1.807, 2.05) is 0 Å². The number of piperidine rings is 1. The number of alkyl carbamates (subject to hydrolysis) is 1. The highest BCUT2D eigenvalue weighted by molar-refractivity contribution is 7.17. The maximum Gasteiger partial charge on any atom is 0.417 e. The number of ether oxygens (including phenoxy) is 2. The molecule has 12 heteroatoms. The van der Waals surface area contributed by atoms with Crippen molar-refractivity contribution in [1.82, 2.24) is 15.6 Å². The van der Waals surface area contributed by atoms with Gasteiger partial charge in [-0.1, -0.05) is 0 Å². The molecule has 4 heterocycles. The lowest BCUT2D eigenvalue weighted by Crippen LogP contribution is -2.42. The third kappa shape index (κ3) is 4.75. The van der Waals surface area contributed by atoms with Crippen LogP contribution in [0.15, 0.2) is 11.4 Å².